The lowest BCUT2D eigenvalue weighted by atomic mass is 9.79. The van der Waals surface area contributed by atoms with Gasteiger partial charge in [-0.05, 0) is 41.2 Å². The minimum atomic E-state index is -1.59. The second-order valence-corrected chi connectivity index (χ2v) is 16.3. The Bertz CT molecular complexity index is 1930. The van der Waals surface area contributed by atoms with Crippen molar-refractivity contribution in [1.82, 2.24) is 31.2 Å². The van der Waals surface area contributed by atoms with Crippen molar-refractivity contribution in [2.45, 2.75) is 116 Å². The van der Waals surface area contributed by atoms with Crippen LogP contribution in [0.15, 0.2) is 85.3 Å². The van der Waals surface area contributed by atoms with Crippen LogP contribution in [-0.4, -0.2) is 80.8 Å². The van der Waals surface area contributed by atoms with Crippen molar-refractivity contribution in [2.24, 2.45) is 23.7 Å². The molecule has 3 aromatic carbocycles. The molecule has 1 saturated carbocycles. The molecular formula is C46H62N6O7. The molecule has 1 aromatic heterocycles. The lowest BCUT2D eigenvalue weighted by Crippen LogP contribution is -2.59. The van der Waals surface area contributed by atoms with Gasteiger partial charge in [0.25, 0.3) is 5.91 Å². The van der Waals surface area contributed by atoms with E-state index in [9.17, 15) is 29.4 Å². The molecule has 7 atom stereocenters. The van der Waals surface area contributed by atoms with Crippen LogP contribution in [0.5, 0.6) is 5.75 Å². The second-order valence-electron chi connectivity index (χ2n) is 16.3. The van der Waals surface area contributed by atoms with E-state index in [1.807, 2.05) is 80.6 Å². The Morgan fingerprint density at radius 3 is 2.24 bits per heavy atom. The predicted octanol–water partition coefficient (Wildman–Crippen LogP) is 4.97. The van der Waals surface area contributed by atoms with E-state index >= 15 is 0 Å². The SMILES string of the molecule is CC[C@H](C)[C@H](NC(=O)[C@H](C(C)C)[C@@H](O)[C@H](O)[C@H](CC1CCCCC1)NC(=O)[C@H](Cc1cnc[nH]1)NC(=O)COc1cccc2ccccc12)C(=O)NCc1ccccc1. The summed E-state index contributed by atoms with van der Waals surface area (Å²) in [5.74, 6) is -3.08. The first kappa shape index (κ1) is 44.8. The van der Waals surface area contributed by atoms with E-state index in [0.717, 1.165) is 48.4 Å². The third-order valence-electron chi connectivity index (χ3n) is 11.6. The summed E-state index contributed by atoms with van der Waals surface area (Å²) >= 11 is 0. The van der Waals surface area contributed by atoms with Crippen LogP contribution < -0.4 is 26.0 Å². The van der Waals surface area contributed by atoms with E-state index in [-0.39, 0.29) is 30.8 Å². The number of carbonyl (C=O) groups is 4. The molecule has 0 bridgehead atoms. The Kier molecular flexibility index (Phi) is 16.9. The number of amides is 4. The van der Waals surface area contributed by atoms with Crippen molar-refractivity contribution in [3.8, 4) is 5.75 Å². The molecule has 7 N–H and O–H groups in total. The van der Waals surface area contributed by atoms with Crippen LogP contribution >= 0.6 is 0 Å². The van der Waals surface area contributed by atoms with Crippen LogP contribution in [0.1, 0.15) is 83.9 Å². The van der Waals surface area contributed by atoms with E-state index in [0.29, 0.717) is 30.8 Å². The number of nitrogens with one attached hydrogen (secondary N) is 5. The molecule has 4 aromatic rings. The molecule has 0 radical (unpaired) electrons. The number of ether oxygens (including phenoxy) is 1. The molecule has 1 aliphatic carbocycles. The maximum absolute atomic E-state index is 14.2. The largest absolute Gasteiger partial charge is 0.483 e. The van der Waals surface area contributed by atoms with Gasteiger partial charge in [-0.1, -0.05) is 133 Å². The van der Waals surface area contributed by atoms with Crippen molar-refractivity contribution in [3.05, 3.63) is 96.6 Å². The average Bonchev–Trinajstić information content (AvgIpc) is 3.76. The highest BCUT2D eigenvalue weighted by Gasteiger charge is 2.41. The Labute approximate surface area is 347 Å². The fourth-order valence-electron chi connectivity index (χ4n) is 8.02. The maximum atomic E-state index is 14.2. The molecule has 0 unspecified atom stereocenters. The number of rotatable bonds is 21. The van der Waals surface area contributed by atoms with Gasteiger partial charge < -0.3 is 41.2 Å². The average molecular weight is 811 g/mol. The number of aromatic amines is 1. The van der Waals surface area contributed by atoms with Crippen molar-refractivity contribution in [1.29, 1.82) is 0 Å². The molecule has 4 amide bonds. The Morgan fingerprint density at radius 2 is 1.54 bits per heavy atom. The van der Waals surface area contributed by atoms with Gasteiger partial charge in [-0.25, -0.2) is 4.98 Å². The number of aliphatic hydroxyl groups excluding tert-OH is 2. The summed E-state index contributed by atoms with van der Waals surface area (Å²) in [5, 5.41) is 37.3. The van der Waals surface area contributed by atoms with E-state index in [2.05, 4.69) is 31.2 Å². The van der Waals surface area contributed by atoms with E-state index in [1.54, 1.807) is 26.1 Å². The molecule has 1 heterocycles. The fraction of sp³-hybridized carbons (Fsp3) is 0.500. The zero-order chi connectivity index (χ0) is 42.3. The number of imidazole rings is 1. The number of nitrogens with zero attached hydrogens (tertiary/aromatic N) is 1. The minimum absolute atomic E-state index is 0.0704. The van der Waals surface area contributed by atoms with Crippen LogP contribution in [0.3, 0.4) is 0 Å². The quantitative estimate of drug-likeness (QED) is 0.0613. The summed E-state index contributed by atoms with van der Waals surface area (Å²) in [7, 11) is 0. The molecule has 59 heavy (non-hydrogen) atoms. The standard InChI is InChI=1S/C46H62N6O7/c1-5-30(4)41(46(58)48-25-32-17-10-7-11-18-32)52-45(57)40(29(2)3)43(55)42(54)36(23-31-15-8-6-9-16-31)51-44(56)37(24-34-26-47-28-49-34)50-39(53)27-59-38-22-14-20-33-19-12-13-21-35(33)38/h7,10-14,17-22,26,28-31,36-37,40-43,54-55H,5-6,8-9,15-16,23-25,27H2,1-4H3,(H,47,49)(H,48,58)(H,50,53)(H,51,56)(H,52,57)/t30-,36-,37-,40+,41-,42+,43+/m0/s1. The summed E-state index contributed by atoms with van der Waals surface area (Å²) < 4.78 is 5.92. The predicted molar refractivity (Wildman–Crippen MR) is 227 cm³/mol. The van der Waals surface area contributed by atoms with Crippen molar-refractivity contribution in [2.75, 3.05) is 6.61 Å². The highest BCUT2D eigenvalue weighted by molar-refractivity contribution is 5.91. The Morgan fingerprint density at radius 1 is 0.831 bits per heavy atom. The molecule has 1 fully saturated rings. The highest BCUT2D eigenvalue weighted by atomic mass is 16.5. The van der Waals surface area contributed by atoms with Crippen LogP contribution in [0, 0.1) is 23.7 Å². The first-order valence-corrected chi connectivity index (χ1v) is 21.1. The number of carbonyl (C=O) groups excluding carboxylic acids is 4. The molecule has 0 spiro atoms. The van der Waals surface area contributed by atoms with Crippen LogP contribution in [0.25, 0.3) is 10.8 Å². The van der Waals surface area contributed by atoms with Crippen LogP contribution in [0.2, 0.25) is 0 Å². The molecule has 0 saturated heterocycles. The molecular weight excluding hydrogens is 749 g/mol. The zero-order valence-electron chi connectivity index (χ0n) is 34.7. The van der Waals surface area contributed by atoms with Crippen LogP contribution in [0.4, 0.5) is 0 Å². The van der Waals surface area contributed by atoms with Gasteiger partial charge in [0.05, 0.1) is 24.4 Å². The van der Waals surface area contributed by atoms with Gasteiger partial charge in [-0.2, -0.15) is 0 Å². The van der Waals surface area contributed by atoms with Crippen molar-refractivity contribution >= 4 is 34.4 Å². The molecule has 0 aliphatic heterocycles. The Balaban J connectivity index is 1.32. The number of hydrogen-bond donors (Lipinski definition) is 7. The molecule has 1 aliphatic rings. The number of aromatic nitrogens is 2. The summed E-state index contributed by atoms with van der Waals surface area (Å²) in [6.45, 7) is 7.32. The van der Waals surface area contributed by atoms with Gasteiger partial charge in [0.2, 0.25) is 17.7 Å². The van der Waals surface area contributed by atoms with E-state index in [1.165, 1.54) is 6.33 Å². The van der Waals surface area contributed by atoms with Gasteiger partial charge in [-0.15, -0.1) is 0 Å². The van der Waals surface area contributed by atoms with Gasteiger partial charge >= 0.3 is 0 Å². The number of H-pyrrole nitrogens is 1. The normalized spacial score (nSPS) is 16.9. The first-order chi connectivity index (χ1) is 28.4. The monoisotopic (exact) mass is 810 g/mol. The number of aliphatic hydroxyl groups is 2. The van der Waals surface area contributed by atoms with E-state index in [4.69, 9.17) is 4.74 Å². The highest BCUT2D eigenvalue weighted by Crippen LogP contribution is 2.30. The molecule has 318 valence electrons. The van der Waals surface area contributed by atoms with Crippen molar-refractivity contribution < 1.29 is 34.1 Å². The van der Waals surface area contributed by atoms with Gasteiger partial charge in [-0.3, -0.25) is 19.2 Å². The lowest BCUT2D eigenvalue weighted by Gasteiger charge is -2.37. The summed E-state index contributed by atoms with van der Waals surface area (Å²) in [5.41, 5.74) is 1.52. The smallest absolute Gasteiger partial charge is 0.258 e. The van der Waals surface area contributed by atoms with Gasteiger partial charge in [0.15, 0.2) is 6.61 Å². The summed E-state index contributed by atoms with van der Waals surface area (Å²) in [6.07, 6.45) is 5.88. The molecule has 13 heteroatoms. The Hall–Kier alpha value is -5.27. The van der Waals surface area contributed by atoms with Crippen LogP contribution in [-0.2, 0) is 32.1 Å². The third kappa shape index (κ3) is 12.9. The summed E-state index contributed by atoms with van der Waals surface area (Å²) in [6, 6.07) is 19.8. The number of hydrogen-bond acceptors (Lipinski definition) is 8. The number of benzene rings is 3. The first-order valence-electron chi connectivity index (χ1n) is 21.1. The maximum Gasteiger partial charge on any atom is 0.258 e. The minimum Gasteiger partial charge on any atom is -0.483 e. The third-order valence-corrected chi connectivity index (χ3v) is 11.6. The molecule has 5 rings (SSSR count). The molecule has 13 nitrogen and oxygen atoms in total. The lowest BCUT2D eigenvalue weighted by molar-refractivity contribution is -0.141. The fourth-order valence-corrected chi connectivity index (χ4v) is 8.02. The second kappa shape index (κ2) is 22.2. The van der Waals surface area contributed by atoms with E-state index < -0.39 is 59.9 Å². The van der Waals surface area contributed by atoms with Crippen molar-refractivity contribution in [3.63, 3.8) is 0 Å². The zero-order valence-corrected chi connectivity index (χ0v) is 34.7. The number of fused-ring (bicyclic) bond motifs is 1. The van der Waals surface area contributed by atoms with Gasteiger partial charge in [0.1, 0.15) is 23.9 Å². The van der Waals surface area contributed by atoms with Gasteiger partial charge in [0, 0.05) is 30.2 Å². The topological polar surface area (TPSA) is 195 Å². The summed E-state index contributed by atoms with van der Waals surface area (Å²) in [4.78, 5) is 62.3.